The van der Waals surface area contributed by atoms with E-state index in [1.807, 2.05) is 0 Å². The van der Waals surface area contributed by atoms with Crippen LogP contribution >= 0.6 is 0 Å². The van der Waals surface area contributed by atoms with Gasteiger partial charge in [-0.1, -0.05) is 27.7 Å². The fourth-order valence-corrected chi connectivity index (χ4v) is 3.63. The van der Waals surface area contributed by atoms with Crippen LogP contribution in [-0.4, -0.2) is 49.3 Å². The van der Waals surface area contributed by atoms with E-state index in [1.54, 1.807) is 0 Å². The molecule has 21 heavy (non-hydrogen) atoms. The maximum absolute atomic E-state index is 6.06. The zero-order chi connectivity index (χ0) is 15.6. The Bertz CT molecular complexity index is 327. The quantitative estimate of drug-likeness (QED) is 0.781. The molecule has 3 atom stereocenters. The third-order valence-corrected chi connectivity index (χ3v) is 5.51. The van der Waals surface area contributed by atoms with Crippen molar-refractivity contribution in [1.29, 1.82) is 0 Å². The Hall–Kier alpha value is -0.120. The molecule has 0 aromatic rings. The Morgan fingerprint density at radius 1 is 1.24 bits per heavy atom. The van der Waals surface area contributed by atoms with E-state index in [1.165, 1.54) is 32.5 Å². The van der Waals surface area contributed by atoms with Gasteiger partial charge in [-0.25, -0.2) is 0 Å². The molecule has 0 amide bonds. The predicted molar refractivity (Wildman–Crippen MR) is 89.6 cm³/mol. The van der Waals surface area contributed by atoms with E-state index in [0.29, 0.717) is 24.1 Å². The number of nitrogens with one attached hydrogen (secondary N) is 1. The van der Waals surface area contributed by atoms with Gasteiger partial charge in [-0.05, 0) is 51.6 Å². The van der Waals surface area contributed by atoms with Gasteiger partial charge < -0.3 is 15.0 Å². The maximum atomic E-state index is 6.06. The topological polar surface area (TPSA) is 24.5 Å². The minimum absolute atomic E-state index is 0.283. The van der Waals surface area contributed by atoms with Crippen molar-refractivity contribution in [2.45, 2.75) is 72.6 Å². The molecule has 0 aromatic heterocycles. The van der Waals surface area contributed by atoms with Crippen LogP contribution < -0.4 is 5.32 Å². The molecule has 1 aliphatic heterocycles. The number of rotatable bonds is 7. The molecule has 2 aliphatic rings. The minimum atomic E-state index is 0.283. The first kappa shape index (κ1) is 17.2. The lowest BCUT2D eigenvalue weighted by atomic mass is 9.64. The number of hydrogen-bond acceptors (Lipinski definition) is 3. The van der Waals surface area contributed by atoms with Gasteiger partial charge in [-0.15, -0.1) is 0 Å². The van der Waals surface area contributed by atoms with Crippen molar-refractivity contribution >= 4 is 0 Å². The van der Waals surface area contributed by atoms with Crippen molar-refractivity contribution in [3.05, 3.63) is 0 Å². The second-order valence-corrected chi connectivity index (χ2v) is 8.48. The average Bonchev–Trinajstić information content (AvgIpc) is 2.85. The van der Waals surface area contributed by atoms with E-state index in [-0.39, 0.29) is 5.41 Å². The van der Waals surface area contributed by atoms with Crippen molar-refractivity contribution in [3.8, 4) is 0 Å². The maximum Gasteiger partial charge on any atom is 0.0656 e. The monoisotopic (exact) mass is 296 g/mol. The van der Waals surface area contributed by atoms with Gasteiger partial charge in [0.1, 0.15) is 0 Å². The number of ether oxygens (including phenoxy) is 1. The molecular formula is C18H36N2O. The first-order valence-corrected chi connectivity index (χ1v) is 8.89. The van der Waals surface area contributed by atoms with E-state index in [4.69, 9.17) is 4.74 Å². The summed E-state index contributed by atoms with van der Waals surface area (Å²) in [6.45, 7) is 18.4. The van der Waals surface area contributed by atoms with Gasteiger partial charge in [0.25, 0.3) is 0 Å². The molecule has 0 bridgehead atoms. The molecule has 3 nitrogen and oxygen atoms in total. The highest BCUT2D eigenvalue weighted by atomic mass is 16.5. The standard InChI is InChI=1S/C18H36N2O/c1-13(2)12-21-17-9-16(18(17,5)6)19-10-15-7-8-20(11-15)14(3)4/h13-17,19H,7-12H2,1-6H3. The van der Waals surface area contributed by atoms with Crippen molar-refractivity contribution in [2.24, 2.45) is 17.3 Å². The molecule has 3 unspecified atom stereocenters. The van der Waals surface area contributed by atoms with E-state index < -0.39 is 0 Å². The van der Waals surface area contributed by atoms with Crippen LogP contribution in [0.4, 0.5) is 0 Å². The SMILES string of the molecule is CC(C)COC1CC(NCC2CCN(C(C)C)C2)C1(C)C. The molecule has 1 aliphatic carbocycles. The van der Waals surface area contributed by atoms with Crippen LogP contribution in [0.25, 0.3) is 0 Å². The highest BCUT2D eigenvalue weighted by molar-refractivity contribution is 5.03. The average molecular weight is 296 g/mol. The summed E-state index contributed by atoms with van der Waals surface area (Å²) in [4.78, 5) is 2.60. The first-order valence-electron chi connectivity index (χ1n) is 8.89. The molecule has 124 valence electrons. The Labute approximate surface area is 131 Å². The number of likely N-dealkylation sites (tertiary alicyclic amines) is 1. The van der Waals surface area contributed by atoms with Crippen LogP contribution in [0.5, 0.6) is 0 Å². The van der Waals surface area contributed by atoms with Crippen LogP contribution in [0.1, 0.15) is 54.4 Å². The molecule has 3 heteroatoms. The van der Waals surface area contributed by atoms with Crippen LogP contribution in [0.2, 0.25) is 0 Å². The van der Waals surface area contributed by atoms with Crippen molar-refractivity contribution < 1.29 is 4.74 Å². The van der Waals surface area contributed by atoms with E-state index in [0.717, 1.165) is 12.5 Å². The van der Waals surface area contributed by atoms with Gasteiger partial charge in [0, 0.05) is 30.7 Å². The molecule has 0 aromatic carbocycles. The minimum Gasteiger partial charge on any atom is -0.377 e. The number of hydrogen-bond donors (Lipinski definition) is 1. The van der Waals surface area contributed by atoms with Crippen molar-refractivity contribution in [2.75, 3.05) is 26.2 Å². The predicted octanol–water partition coefficient (Wildman–Crippen LogP) is 3.15. The van der Waals surface area contributed by atoms with Crippen LogP contribution in [0.3, 0.4) is 0 Å². The van der Waals surface area contributed by atoms with Crippen molar-refractivity contribution in [3.63, 3.8) is 0 Å². The summed E-state index contributed by atoms with van der Waals surface area (Å²) in [7, 11) is 0. The van der Waals surface area contributed by atoms with Gasteiger partial charge in [0.2, 0.25) is 0 Å². The summed E-state index contributed by atoms with van der Waals surface area (Å²) < 4.78 is 6.06. The van der Waals surface area contributed by atoms with E-state index >= 15 is 0 Å². The van der Waals surface area contributed by atoms with Gasteiger partial charge in [-0.3, -0.25) is 0 Å². The summed E-state index contributed by atoms with van der Waals surface area (Å²) in [6, 6.07) is 1.33. The highest BCUT2D eigenvalue weighted by Gasteiger charge is 2.48. The lowest BCUT2D eigenvalue weighted by Gasteiger charge is -2.52. The molecule has 1 saturated heterocycles. The summed E-state index contributed by atoms with van der Waals surface area (Å²) in [5.41, 5.74) is 0.283. The molecule has 1 heterocycles. The number of nitrogens with zero attached hydrogens (tertiary/aromatic N) is 1. The molecule has 0 spiro atoms. The molecule has 1 N–H and O–H groups in total. The lowest BCUT2D eigenvalue weighted by Crippen LogP contribution is -2.61. The van der Waals surface area contributed by atoms with E-state index in [9.17, 15) is 0 Å². The molecule has 0 radical (unpaired) electrons. The third kappa shape index (κ3) is 4.20. The fourth-order valence-electron chi connectivity index (χ4n) is 3.63. The smallest absolute Gasteiger partial charge is 0.0656 e. The summed E-state index contributed by atoms with van der Waals surface area (Å²) in [6.07, 6.45) is 2.97. The second-order valence-electron chi connectivity index (χ2n) is 8.48. The molecule has 1 saturated carbocycles. The molecular weight excluding hydrogens is 260 g/mol. The summed E-state index contributed by atoms with van der Waals surface area (Å²) in [5.74, 6) is 1.46. The van der Waals surface area contributed by atoms with Crippen molar-refractivity contribution in [1.82, 2.24) is 10.2 Å². The summed E-state index contributed by atoms with van der Waals surface area (Å²) in [5, 5.41) is 3.82. The van der Waals surface area contributed by atoms with Gasteiger partial charge in [0.05, 0.1) is 6.10 Å². The van der Waals surface area contributed by atoms with Gasteiger partial charge in [-0.2, -0.15) is 0 Å². The molecule has 2 rings (SSSR count). The fraction of sp³-hybridized carbons (Fsp3) is 1.00. The third-order valence-electron chi connectivity index (χ3n) is 5.51. The second kappa shape index (κ2) is 6.97. The highest BCUT2D eigenvalue weighted by Crippen LogP contribution is 2.43. The van der Waals surface area contributed by atoms with Gasteiger partial charge >= 0.3 is 0 Å². The molecule has 2 fully saturated rings. The largest absolute Gasteiger partial charge is 0.377 e. The Morgan fingerprint density at radius 3 is 2.48 bits per heavy atom. The van der Waals surface area contributed by atoms with E-state index in [2.05, 4.69) is 51.8 Å². The first-order chi connectivity index (χ1) is 9.80. The van der Waals surface area contributed by atoms with Crippen LogP contribution in [0, 0.1) is 17.3 Å². The normalized spacial score (nSPS) is 32.9. The Balaban J connectivity index is 1.69. The lowest BCUT2D eigenvalue weighted by molar-refractivity contribution is -0.124. The zero-order valence-electron chi connectivity index (χ0n) is 15.0. The Morgan fingerprint density at radius 2 is 1.95 bits per heavy atom. The Kier molecular flexibility index (Phi) is 5.72. The van der Waals surface area contributed by atoms with Gasteiger partial charge in [0.15, 0.2) is 0 Å². The van der Waals surface area contributed by atoms with Crippen LogP contribution in [-0.2, 0) is 4.74 Å². The zero-order valence-corrected chi connectivity index (χ0v) is 15.0. The van der Waals surface area contributed by atoms with Crippen LogP contribution in [0.15, 0.2) is 0 Å². The summed E-state index contributed by atoms with van der Waals surface area (Å²) >= 11 is 0.